The molecule has 1 rings (SSSR count). The number of carbonyl (C=O) groups is 2. The van der Waals surface area contributed by atoms with Crippen molar-refractivity contribution in [1.82, 2.24) is 0 Å². The van der Waals surface area contributed by atoms with Crippen LogP contribution in [0.25, 0.3) is 0 Å². The summed E-state index contributed by atoms with van der Waals surface area (Å²) in [6.07, 6.45) is 8.04. The lowest BCUT2D eigenvalue weighted by atomic mass is 9.95. The Labute approximate surface area is 170 Å². The smallest absolute Gasteiger partial charge is 0.434 e. The fourth-order valence-electron chi connectivity index (χ4n) is 3.19. The average Bonchev–Trinajstić information content (AvgIpc) is 2.57. The lowest BCUT2D eigenvalue weighted by molar-refractivity contribution is -0.0494. The SMILES string of the molecule is CC(C)CCCCCCCOC(=O)OC1CCC(OC(=O)OC(C)(C)C)CC1. The highest BCUT2D eigenvalue weighted by molar-refractivity contribution is 5.61. The molecule has 0 bridgehead atoms. The van der Waals surface area contributed by atoms with Gasteiger partial charge in [0.1, 0.15) is 17.8 Å². The Morgan fingerprint density at radius 1 is 0.821 bits per heavy atom. The zero-order valence-electron chi connectivity index (χ0n) is 18.5. The number of ether oxygens (including phenoxy) is 4. The maximum atomic E-state index is 11.8. The minimum absolute atomic E-state index is 0.165. The molecule has 0 aromatic heterocycles. The van der Waals surface area contributed by atoms with E-state index in [4.69, 9.17) is 18.9 Å². The molecule has 0 heterocycles. The van der Waals surface area contributed by atoms with Gasteiger partial charge in [-0.2, -0.15) is 0 Å². The van der Waals surface area contributed by atoms with Crippen LogP contribution in [0.3, 0.4) is 0 Å². The van der Waals surface area contributed by atoms with Gasteiger partial charge in [-0.1, -0.05) is 46.0 Å². The Morgan fingerprint density at radius 3 is 1.86 bits per heavy atom. The Balaban J connectivity index is 2.04. The van der Waals surface area contributed by atoms with Crippen LogP contribution < -0.4 is 0 Å². The van der Waals surface area contributed by atoms with Gasteiger partial charge in [-0.3, -0.25) is 0 Å². The standard InChI is InChI=1S/C22H40O6/c1-17(2)11-9-7-6-8-10-16-25-20(23)26-18-12-14-19(15-13-18)27-21(24)28-22(3,4)5/h17-19H,6-16H2,1-5H3. The van der Waals surface area contributed by atoms with Crippen LogP contribution in [0.5, 0.6) is 0 Å². The summed E-state index contributed by atoms with van der Waals surface area (Å²) in [5.74, 6) is 0.775. The van der Waals surface area contributed by atoms with Gasteiger partial charge in [0.25, 0.3) is 0 Å². The number of hydrogen-bond donors (Lipinski definition) is 0. The monoisotopic (exact) mass is 400 g/mol. The van der Waals surface area contributed by atoms with Gasteiger partial charge in [0.2, 0.25) is 0 Å². The van der Waals surface area contributed by atoms with Gasteiger partial charge >= 0.3 is 12.3 Å². The van der Waals surface area contributed by atoms with Crippen molar-refractivity contribution >= 4 is 12.3 Å². The van der Waals surface area contributed by atoms with Gasteiger partial charge in [-0.05, 0) is 58.8 Å². The lowest BCUT2D eigenvalue weighted by Gasteiger charge is -2.28. The molecule has 6 nitrogen and oxygen atoms in total. The molecule has 1 saturated carbocycles. The van der Waals surface area contributed by atoms with Crippen molar-refractivity contribution < 1.29 is 28.5 Å². The second-order valence-electron chi connectivity index (χ2n) is 9.15. The van der Waals surface area contributed by atoms with E-state index < -0.39 is 17.9 Å². The Hall–Kier alpha value is -1.46. The molecule has 1 aliphatic carbocycles. The van der Waals surface area contributed by atoms with Crippen LogP contribution in [-0.4, -0.2) is 36.7 Å². The Bertz CT molecular complexity index is 446. The molecule has 6 heteroatoms. The first-order valence-corrected chi connectivity index (χ1v) is 10.9. The quantitative estimate of drug-likeness (QED) is 0.312. The second-order valence-corrected chi connectivity index (χ2v) is 9.15. The van der Waals surface area contributed by atoms with Crippen molar-refractivity contribution in [3.05, 3.63) is 0 Å². The van der Waals surface area contributed by atoms with Gasteiger partial charge in [-0.15, -0.1) is 0 Å². The Kier molecular flexibility index (Phi) is 11.3. The van der Waals surface area contributed by atoms with Gasteiger partial charge in [0, 0.05) is 0 Å². The molecule has 0 aromatic rings. The third-order valence-electron chi connectivity index (χ3n) is 4.68. The molecule has 0 spiro atoms. The highest BCUT2D eigenvalue weighted by Crippen LogP contribution is 2.25. The first kappa shape index (κ1) is 24.6. The molecule has 28 heavy (non-hydrogen) atoms. The van der Waals surface area contributed by atoms with E-state index in [-0.39, 0.29) is 12.2 Å². The predicted molar refractivity (Wildman–Crippen MR) is 108 cm³/mol. The van der Waals surface area contributed by atoms with E-state index in [2.05, 4.69) is 13.8 Å². The van der Waals surface area contributed by atoms with Crippen molar-refractivity contribution in [2.75, 3.05) is 6.61 Å². The van der Waals surface area contributed by atoms with E-state index in [9.17, 15) is 9.59 Å². The van der Waals surface area contributed by atoms with Crippen LogP contribution in [0.15, 0.2) is 0 Å². The maximum absolute atomic E-state index is 11.8. The fraction of sp³-hybridized carbons (Fsp3) is 0.909. The summed E-state index contributed by atoms with van der Waals surface area (Å²) in [5.41, 5.74) is -0.560. The summed E-state index contributed by atoms with van der Waals surface area (Å²) >= 11 is 0. The van der Waals surface area contributed by atoms with Crippen LogP contribution in [0.1, 0.15) is 98.8 Å². The first-order valence-electron chi connectivity index (χ1n) is 10.9. The van der Waals surface area contributed by atoms with E-state index in [1.165, 1.54) is 25.7 Å². The highest BCUT2D eigenvalue weighted by atomic mass is 16.7. The Morgan fingerprint density at radius 2 is 1.32 bits per heavy atom. The van der Waals surface area contributed by atoms with E-state index in [1.807, 2.05) is 0 Å². The zero-order valence-corrected chi connectivity index (χ0v) is 18.5. The maximum Gasteiger partial charge on any atom is 0.509 e. The summed E-state index contributed by atoms with van der Waals surface area (Å²) < 4.78 is 21.0. The molecule has 0 radical (unpaired) electrons. The predicted octanol–water partition coefficient (Wildman–Crippen LogP) is 6.40. The van der Waals surface area contributed by atoms with Crippen molar-refractivity contribution in [3.8, 4) is 0 Å². The molecule has 0 saturated heterocycles. The molecule has 0 N–H and O–H groups in total. The summed E-state index contributed by atoms with van der Waals surface area (Å²) in [7, 11) is 0. The normalized spacial score (nSPS) is 19.9. The van der Waals surface area contributed by atoms with Gasteiger partial charge in [0.15, 0.2) is 0 Å². The van der Waals surface area contributed by atoms with Crippen molar-refractivity contribution in [1.29, 1.82) is 0 Å². The highest BCUT2D eigenvalue weighted by Gasteiger charge is 2.28. The number of carbonyl (C=O) groups excluding carboxylic acids is 2. The van der Waals surface area contributed by atoms with E-state index in [0.29, 0.717) is 32.3 Å². The number of rotatable bonds is 10. The van der Waals surface area contributed by atoms with Gasteiger partial charge in [-0.25, -0.2) is 9.59 Å². The molecular formula is C22H40O6. The minimum Gasteiger partial charge on any atom is -0.434 e. The third kappa shape index (κ3) is 12.8. The van der Waals surface area contributed by atoms with Crippen LogP contribution >= 0.6 is 0 Å². The van der Waals surface area contributed by atoms with Crippen molar-refractivity contribution in [2.45, 2.75) is 117 Å². The van der Waals surface area contributed by atoms with Gasteiger partial charge < -0.3 is 18.9 Å². The van der Waals surface area contributed by atoms with Crippen molar-refractivity contribution in [3.63, 3.8) is 0 Å². The molecule has 0 unspecified atom stereocenters. The van der Waals surface area contributed by atoms with Crippen LogP contribution in [0.4, 0.5) is 9.59 Å². The lowest BCUT2D eigenvalue weighted by Crippen LogP contribution is -2.32. The molecule has 1 aliphatic rings. The molecule has 0 aromatic carbocycles. The first-order chi connectivity index (χ1) is 13.2. The topological polar surface area (TPSA) is 71.1 Å². The zero-order chi connectivity index (χ0) is 21.0. The fourth-order valence-corrected chi connectivity index (χ4v) is 3.19. The second kappa shape index (κ2) is 12.9. The average molecular weight is 401 g/mol. The van der Waals surface area contributed by atoms with Crippen LogP contribution in [0.2, 0.25) is 0 Å². The van der Waals surface area contributed by atoms with E-state index in [0.717, 1.165) is 18.8 Å². The largest absolute Gasteiger partial charge is 0.509 e. The molecular weight excluding hydrogens is 360 g/mol. The van der Waals surface area contributed by atoms with Crippen molar-refractivity contribution in [2.24, 2.45) is 5.92 Å². The third-order valence-corrected chi connectivity index (χ3v) is 4.68. The molecule has 0 aliphatic heterocycles. The molecule has 0 atom stereocenters. The summed E-state index contributed by atoms with van der Waals surface area (Å²) in [6, 6.07) is 0. The summed E-state index contributed by atoms with van der Waals surface area (Å²) in [5, 5.41) is 0. The minimum atomic E-state index is -0.638. The van der Waals surface area contributed by atoms with Crippen LogP contribution in [0, 0.1) is 5.92 Å². The van der Waals surface area contributed by atoms with E-state index in [1.54, 1.807) is 20.8 Å². The van der Waals surface area contributed by atoms with Crippen LogP contribution in [-0.2, 0) is 18.9 Å². The number of hydrogen-bond acceptors (Lipinski definition) is 6. The summed E-state index contributed by atoms with van der Waals surface area (Å²) in [4.78, 5) is 23.5. The van der Waals surface area contributed by atoms with Gasteiger partial charge in [0.05, 0.1) is 6.61 Å². The van der Waals surface area contributed by atoms with E-state index >= 15 is 0 Å². The molecule has 1 fully saturated rings. The molecule has 164 valence electrons. The number of unbranched alkanes of at least 4 members (excludes halogenated alkanes) is 4. The molecule has 0 amide bonds. The summed E-state index contributed by atoms with van der Waals surface area (Å²) in [6.45, 7) is 10.3.